The molecule has 2 nitrogen and oxygen atoms in total. The highest BCUT2D eigenvalue weighted by Gasteiger charge is 2.41. The number of carbonyl (C=O) groups excluding carboxylic acids is 1. The van der Waals surface area contributed by atoms with E-state index >= 15 is 0 Å². The highest BCUT2D eigenvalue weighted by molar-refractivity contribution is 9.10. The summed E-state index contributed by atoms with van der Waals surface area (Å²) in [6.07, 6.45) is -10.2. The first-order chi connectivity index (χ1) is 8.00. The molecule has 0 aliphatic carbocycles. The summed E-state index contributed by atoms with van der Waals surface area (Å²) in [5.41, 5.74) is -0.954. The normalized spacial score (nSPS) is 12.4. The summed E-state index contributed by atoms with van der Waals surface area (Å²) in [4.78, 5) is 10.9. The summed E-state index contributed by atoms with van der Waals surface area (Å²) >= 11 is 2.65. The number of carbonyl (C=O) groups is 1. The van der Waals surface area contributed by atoms with Crippen molar-refractivity contribution in [2.24, 2.45) is 0 Å². The van der Waals surface area contributed by atoms with Crippen LogP contribution in [0.15, 0.2) is 22.7 Å². The predicted octanol–water partition coefficient (Wildman–Crippen LogP) is 4.09. The van der Waals surface area contributed by atoms with Crippen molar-refractivity contribution in [1.82, 2.24) is 0 Å². The van der Waals surface area contributed by atoms with E-state index in [9.17, 15) is 31.1 Å². The summed E-state index contributed by atoms with van der Waals surface area (Å²) in [6, 6.07) is 2.01. The molecule has 1 aromatic rings. The average molecular weight is 337 g/mol. The fourth-order valence-electron chi connectivity index (χ4n) is 1.03. The van der Waals surface area contributed by atoms with Gasteiger partial charge >= 0.3 is 12.5 Å². The molecule has 1 aromatic carbocycles. The zero-order chi connectivity index (χ0) is 14.1. The molecule has 0 saturated heterocycles. The van der Waals surface area contributed by atoms with Crippen LogP contribution in [0.4, 0.5) is 26.3 Å². The molecule has 9 heteroatoms. The van der Waals surface area contributed by atoms with Crippen molar-refractivity contribution in [3.8, 4) is 5.75 Å². The molecule has 18 heavy (non-hydrogen) atoms. The second-order valence-corrected chi connectivity index (χ2v) is 3.87. The highest BCUT2D eigenvalue weighted by Crippen LogP contribution is 2.31. The lowest BCUT2D eigenvalue weighted by atomic mass is 10.1. The van der Waals surface area contributed by atoms with E-state index in [1.165, 1.54) is 0 Å². The maximum atomic E-state index is 12.2. The zero-order valence-corrected chi connectivity index (χ0v) is 9.78. The summed E-state index contributed by atoms with van der Waals surface area (Å²) < 4.78 is 75.2. The van der Waals surface area contributed by atoms with Gasteiger partial charge in [0.15, 0.2) is 0 Å². The summed E-state index contributed by atoms with van der Waals surface area (Å²) in [6.45, 7) is 0. The quantitative estimate of drug-likeness (QED) is 0.600. The van der Waals surface area contributed by atoms with Gasteiger partial charge in [-0.05, 0) is 18.2 Å². The summed E-state index contributed by atoms with van der Waals surface area (Å²) in [7, 11) is 0. The Bertz CT molecular complexity index is 465. The van der Waals surface area contributed by atoms with Crippen LogP contribution in [0.25, 0.3) is 0 Å². The van der Waals surface area contributed by atoms with Gasteiger partial charge in [0.05, 0.1) is 0 Å². The van der Waals surface area contributed by atoms with Gasteiger partial charge in [-0.1, -0.05) is 15.9 Å². The van der Waals surface area contributed by atoms with Crippen LogP contribution >= 0.6 is 15.9 Å². The molecule has 0 aromatic heterocycles. The average Bonchev–Trinajstić information content (AvgIpc) is 2.16. The Hall–Kier alpha value is -1.25. The van der Waals surface area contributed by atoms with E-state index in [2.05, 4.69) is 20.7 Å². The van der Waals surface area contributed by atoms with Crippen molar-refractivity contribution in [1.29, 1.82) is 0 Å². The van der Waals surface area contributed by atoms with Gasteiger partial charge in [0.2, 0.25) is 0 Å². The minimum Gasteiger partial charge on any atom is -0.406 e. The Morgan fingerprint density at radius 2 is 1.67 bits per heavy atom. The number of hydrogen-bond acceptors (Lipinski definition) is 2. The Kier molecular flexibility index (Phi) is 3.94. The first kappa shape index (κ1) is 14.8. The van der Waals surface area contributed by atoms with Crippen LogP contribution < -0.4 is 4.74 Å². The van der Waals surface area contributed by atoms with Crippen LogP contribution in [-0.2, 0) is 0 Å². The van der Waals surface area contributed by atoms with Gasteiger partial charge in [0, 0.05) is 10.0 Å². The fraction of sp³-hybridized carbons (Fsp3) is 0.222. The molecule has 0 atom stereocenters. The van der Waals surface area contributed by atoms with Crippen molar-refractivity contribution in [3.05, 3.63) is 28.2 Å². The lowest BCUT2D eigenvalue weighted by molar-refractivity contribution is -0.274. The maximum absolute atomic E-state index is 12.2. The van der Waals surface area contributed by atoms with Crippen molar-refractivity contribution >= 4 is 21.7 Å². The third-order valence-electron chi connectivity index (χ3n) is 1.67. The van der Waals surface area contributed by atoms with Crippen LogP contribution in [0.1, 0.15) is 10.4 Å². The molecule has 0 spiro atoms. The van der Waals surface area contributed by atoms with E-state index in [1.54, 1.807) is 0 Å². The van der Waals surface area contributed by atoms with E-state index in [0.29, 0.717) is 6.07 Å². The minimum absolute atomic E-state index is 0.278. The van der Waals surface area contributed by atoms with Crippen LogP contribution in [0, 0.1) is 0 Å². The van der Waals surface area contributed by atoms with E-state index in [1.807, 2.05) is 0 Å². The third kappa shape index (κ3) is 3.90. The molecule has 1 rings (SSSR count). The topological polar surface area (TPSA) is 26.3 Å². The van der Waals surface area contributed by atoms with Crippen molar-refractivity contribution in [3.63, 3.8) is 0 Å². The molecule has 0 amide bonds. The standard InChI is InChI=1S/C9H3BrF6O2/c10-6-2-1-4(18-9(14,15)16)3-5(6)7(17)8(11,12)13/h1-3H. The van der Waals surface area contributed by atoms with E-state index in [-0.39, 0.29) is 4.47 Å². The fourth-order valence-corrected chi connectivity index (χ4v) is 1.45. The number of halogens is 7. The molecular formula is C9H3BrF6O2. The lowest BCUT2D eigenvalue weighted by Gasteiger charge is -2.11. The Morgan fingerprint density at radius 1 is 1.11 bits per heavy atom. The predicted molar refractivity (Wildman–Crippen MR) is 51.2 cm³/mol. The highest BCUT2D eigenvalue weighted by atomic mass is 79.9. The van der Waals surface area contributed by atoms with Gasteiger partial charge < -0.3 is 4.74 Å². The molecule has 0 heterocycles. The van der Waals surface area contributed by atoms with Gasteiger partial charge in [-0.25, -0.2) is 0 Å². The van der Waals surface area contributed by atoms with Gasteiger partial charge in [0.1, 0.15) is 5.75 Å². The van der Waals surface area contributed by atoms with Crippen molar-refractivity contribution in [2.45, 2.75) is 12.5 Å². The zero-order valence-electron chi connectivity index (χ0n) is 8.19. The van der Waals surface area contributed by atoms with Gasteiger partial charge in [-0.2, -0.15) is 13.2 Å². The molecular weight excluding hydrogens is 334 g/mol. The first-order valence-electron chi connectivity index (χ1n) is 4.17. The Labute approximate surface area is 105 Å². The molecule has 0 unspecified atom stereocenters. The Balaban J connectivity index is 3.14. The minimum atomic E-state index is -5.18. The second-order valence-electron chi connectivity index (χ2n) is 3.02. The van der Waals surface area contributed by atoms with Crippen molar-refractivity contribution < 1.29 is 35.9 Å². The first-order valence-corrected chi connectivity index (χ1v) is 4.97. The number of alkyl halides is 6. The van der Waals surface area contributed by atoms with E-state index in [4.69, 9.17) is 0 Å². The van der Waals surface area contributed by atoms with Gasteiger partial charge in [-0.15, -0.1) is 13.2 Å². The third-order valence-corrected chi connectivity index (χ3v) is 2.36. The molecule has 0 bridgehead atoms. The molecule has 0 N–H and O–H groups in total. The molecule has 0 aliphatic rings. The maximum Gasteiger partial charge on any atom is 0.573 e. The van der Waals surface area contributed by atoms with Crippen LogP contribution in [0.5, 0.6) is 5.75 Å². The van der Waals surface area contributed by atoms with E-state index in [0.717, 1.165) is 12.1 Å². The largest absolute Gasteiger partial charge is 0.573 e. The van der Waals surface area contributed by atoms with Crippen LogP contribution in [0.2, 0.25) is 0 Å². The molecule has 0 radical (unpaired) electrons. The van der Waals surface area contributed by atoms with Crippen LogP contribution in [-0.4, -0.2) is 18.3 Å². The van der Waals surface area contributed by atoms with Gasteiger partial charge in [0.25, 0.3) is 5.78 Å². The monoisotopic (exact) mass is 336 g/mol. The number of hydrogen-bond donors (Lipinski definition) is 0. The number of Topliss-reactive ketones (excluding diaryl/α,β-unsaturated/α-hetero) is 1. The molecule has 100 valence electrons. The summed E-state index contributed by atoms with van der Waals surface area (Å²) in [5.74, 6) is -3.17. The molecule has 0 saturated carbocycles. The van der Waals surface area contributed by atoms with Crippen LogP contribution in [0.3, 0.4) is 0 Å². The van der Waals surface area contributed by atoms with E-state index < -0.39 is 29.6 Å². The number of rotatable bonds is 2. The second kappa shape index (κ2) is 4.79. The molecule has 0 fully saturated rings. The summed E-state index contributed by atoms with van der Waals surface area (Å²) in [5, 5.41) is 0. The van der Waals surface area contributed by atoms with Gasteiger partial charge in [-0.3, -0.25) is 4.79 Å². The lowest BCUT2D eigenvalue weighted by Crippen LogP contribution is -2.23. The number of benzene rings is 1. The smallest absolute Gasteiger partial charge is 0.406 e. The SMILES string of the molecule is O=C(c1cc(OC(F)(F)F)ccc1Br)C(F)(F)F. The number of ketones is 1. The Morgan fingerprint density at radius 3 is 2.11 bits per heavy atom. The molecule has 0 aliphatic heterocycles. The number of ether oxygens (including phenoxy) is 1. The van der Waals surface area contributed by atoms with Crippen molar-refractivity contribution in [2.75, 3.05) is 0 Å².